The van der Waals surface area contributed by atoms with E-state index in [-0.39, 0.29) is 18.8 Å². The number of carbonyl (C=O) groups is 2. The average Bonchev–Trinajstić information content (AvgIpc) is 2.30. The highest BCUT2D eigenvalue weighted by atomic mass is 19.2. The van der Waals surface area contributed by atoms with Gasteiger partial charge < -0.3 is 16.4 Å². The van der Waals surface area contributed by atoms with Crippen LogP contribution in [-0.4, -0.2) is 24.9 Å². The van der Waals surface area contributed by atoms with Gasteiger partial charge in [-0.25, -0.2) is 8.78 Å². The fourth-order valence-corrected chi connectivity index (χ4v) is 1.03. The Balaban J connectivity index is 2.61. The van der Waals surface area contributed by atoms with Crippen molar-refractivity contribution in [1.82, 2.24) is 5.32 Å². The summed E-state index contributed by atoms with van der Waals surface area (Å²) >= 11 is 0. The van der Waals surface area contributed by atoms with Crippen molar-refractivity contribution in [2.24, 2.45) is 5.73 Å². The maximum Gasteiger partial charge on any atom is 0.313 e. The molecule has 1 aromatic rings. The number of rotatable bonds is 3. The quantitative estimate of drug-likeness (QED) is 0.652. The molecule has 0 aliphatic carbocycles. The standard InChI is InChI=1S/C10H11F2N3O2/c11-7-2-1-6(5-8(7)12)15-10(17)9(16)14-4-3-13/h1-2,5H,3-4,13H2,(H,14,16)(H,15,17). The Bertz CT molecular complexity index is 438. The lowest BCUT2D eigenvalue weighted by atomic mass is 10.3. The topological polar surface area (TPSA) is 84.2 Å². The highest BCUT2D eigenvalue weighted by Gasteiger charge is 2.13. The molecule has 17 heavy (non-hydrogen) atoms. The molecule has 0 atom stereocenters. The molecule has 0 spiro atoms. The first-order valence-electron chi connectivity index (χ1n) is 4.79. The molecule has 5 nitrogen and oxygen atoms in total. The lowest BCUT2D eigenvalue weighted by Crippen LogP contribution is -2.37. The minimum Gasteiger partial charge on any atom is -0.347 e. The number of anilines is 1. The third-order valence-electron chi connectivity index (χ3n) is 1.81. The summed E-state index contributed by atoms with van der Waals surface area (Å²) in [6.07, 6.45) is 0. The number of hydrogen-bond acceptors (Lipinski definition) is 3. The molecule has 4 N–H and O–H groups in total. The summed E-state index contributed by atoms with van der Waals surface area (Å²) in [5.74, 6) is -4.00. The van der Waals surface area contributed by atoms with Gasteiger partial charge in [-0.05, 0) is 12.1 Å². The van der Waals surface area contributed by atoms with Gasteiger partial charge in [-0.3, -0.25) is 9.59 Å². The van der Waals surface area contributed by atoms with Crippen LogP contribution in [0.5, 0.6) is 0 Å². The number of hydrogen-bond donors (Lipinski definition) is 3. The van der Waals surface area contributed by atoms with Gasteiger partial charge >= 0.3 is 11.8 Å². The van der Waals surface area contributed by atoms with Crippen molar-refractivity contribution in [3.8, 4) is 0 Å². The highest BCUT2D eigenvalue weighted by molar-refractivity contribution is 6.39. The molecule has 0 saturated heterocycles. The van der Waals surface area contributed by atoms with Crippen molar-refractivity contribution >= 4 is 17.5 Å². The summed E-state index contributed by atoms with van der Waals surface area (Å²) in [7, 11) is 0. The van der Waals surface area contributed by atoms with Crippen molar-refractivity contribution in [3.05, 3.63) is 29.8 Å². The molecule has 0 fully saturated rings. The van der Waals surface area contributed by atoms with Gasteiger partial charge in [0.05, 0.1) is 0 Å². The Labute approximate surface area is 96.0 Å². The summed E-state index contributed by atoms with van der Waals surface area (Å²) < 4.78 is 25.4. The van der Waals surface area contributed by atoms with Gasteiger partial charge in [0, 0.05) is 24.8 Å². The van der Waals surface area contributed by atoms with Gasteiger partial charge in [0.25, 0.3) is 0 Å². The van der Waals surface area contributed by atoms with Crippen molar-refractivity contribution in [2.45, 2.75) is 0 Å². The van der Waals surface area contributed by atoms with E-state index in [4.69, 9.17) is 5.73 Å². The van der Waals surface area contributed by atoms with E-state index in [0.29, 0.717) is 0 Å². The van der Waals surface area contributed by atoms with Crippen molar-refractivity contribution < 1.29 is 18.4 Å². The van der Waals surface area contributed by atoms with Crippen LogP contribution in [-0.2, 0) is 9.59 Å². The van der Waals surface area contributed by atoms with Crippen LogP contribution in [0.25, 0.3) is 0 Å². The van der Waals surface area contributed by atoms with Crippen LogP contribution in [0.3, 0.4) is 0 Å². The number of amides is 2. The van der Waals surface area contributed by atoms with E-state index < -0.39 is 23.4 Å². The van der Waals surface area contributed by atoms with Gasteiger partial charge in [0.15, 0.2) is 11.6 Å². The molecule has 92 valence electrons. The third-order valence-corrected chi connectivity index (χ3v) is 1.81. The molecule has 1 rings (SSSR count). The Morgan fingerprint density at radius 3 is 2.47 bits per heavy atom. The zero-order valence-electron chi connectivity index (χ0n) is 8.80. The van der Waals surface area contributed by atoms with Crippen LogP contribution in [0.2, 0.25) is 0 Å². The van der Waals surface area contributed by atoms with E-state index in [9.17, 15) is 18.4 Å². The normalized spacial score (nSPS) is 9.82. The largest absolute Gasteiger partial charge is 0.347 e. The maximum absolute atomic E-state index is 12.8. The number of benzene rings is 1. The van der Waals surface area contributed by atoms with Crippen LogP contribution < -0.4 is 16.4 Å². The van der Waals surface area contributed by atoms with E-state index in [0.717, 1.165) is 18.2 Å². The second-order valence-electron chi connectivity index (χ2n) is 3.13. The number of halogens is 2. The smallest absolute Gasteiger partial charge is 0.313 e. The van der Waals surface area contributed by atoms with Crippen LogP contribution in [0.15, 0.2) is 18.2 Å². The molecule has 2 amide bonds. The zero-order chi connectivity index (χ0) is 12.8. The van der Waals surface area contributed by atoms with E-state index in [1.807, 2.05) is 0 Å². The fourth-order valence-electron chi connectivity index (χ4n) is 1.03. The minimum absolute atomic E-state index is 0.00296. The molecular weight excluding hydrogens is 232 g/mol. The predicted octanol–water partition coefficient (Wildman–Crippen LogP) is -0.0218. The molecule has 0 aliphatic rings. The van der Waals surface area contributed by atoms with Crippen molar-refractivity contribution in [1.29, 1.82) is 0 Å². The number of carbonyl (C=O) groups excluding carboxylic acids is 2. The fraction of sp³-hybridized carbons (Fsp3) is 0.200. The Morgan fingerprint density at radius 2 is 1.88 bits per heavy atom. The lowest BCUT2D eigenvalue weighted by Gasteiger charge is -2.05. The van der Waals surface area contributed by atoms with Gasteiger partial charge in [-0.1, -0.05) is 0 Å². The molecular formula is C10H11F2N3O2. The first-order chi connectivity index (χ1) is 8.04. The Kier molecular flexibility index (Phi) is 4.53. The van der Waals surface area contributed by atoms with Gasteiger partial charge in [-0.15, -0.1) is 0 Å². The molecule has 7 heteroatoms. The summed E-state index contributed by atoms with van der Waals surface area (Å²) in [4.78, 5) is 22.3. The second-order valence-corrected chi connectivity index (χ2v) is 3.13. The molecule has 0 bridgehead atoms. The molecule has 1 aromatic carbocycles. The van der Waals surface area contributed by atoms with Gasteiger partial charge in [-0.2, -0.15) is 0 Å². The summed E-state index contributed by atoms with van der Waals surface area (Å²) in [6, 6.07) is 2.78. The van der Waals surface area contributed by atoms with Gasteiger partial charge in [0.1, 0.15) is 0 Å². The predicted molar refractivity (Wildman–Crippen MR) is 57.1 cm³/mol. The molecule has 0 saturated carbocycles. The third kappa shape index (κ3) is 3.80. The molecule has 0 aliphatic heterocycles. The molecule has 0 radical (unpaired) electrons. The molecule has 0 aromatic heterocycles. The molecule has 0 unspecified atom stereocenters. The van der Waals surface area contributed by atoms with Crippen molar-refractivity contribution in [3.63, 3.8) is 0 Å². The van der Waals surface area contributed by atoms with E-state index >= 15 is 0 Å². The van der Waals surface area contributed by atoms with Gasteiger partial charge in [0.2, 0.25) is 0 Å². The Morgan fingerprint density at radius 1 is 1.18 bits per heavy atom. The summed E-state index contributed by atoms with van der Waals surface area (Å²) in [5, 5.41) is 4.35. The van der Waals surface area contributed by atoms with Crippen LogP contribution in [0.1, 0.15) is 0 Å². The van der Waals surface area contributed by atoms with Crippen LogP contribution in [0, 0.1) is 11.6 Å². The summed E-state index contributed by atoms with van der Waals surface area (Å²) in [5.41, 5.74) is 5.13. The van der Waals surface area contributed by atoms with E-state index in [1.165, 1.54) is 0 Å². The zero-order valence-corrected chi connectivity index (χ0v) is 8.80. The van der Waals surface area contributed by atoms with Crippen molar-refractivity contribution in [2.75, 3.05) is 18.4 Å². The van der Waals surface area contributed by atoms with E-state index in [2.05, 4.69) is 10.6 Å². The van der Waals surface area contributed by atoms with Crippen LogP contribution in [0.4, 0.5) is 14.5 Å². The monoisotopic (exact) mass is 243 g/mol. The first kappa shape index (κ1) is 13.0. The van der Waals surface area contributed by atoms with E-state index in [1.54, 1.807) is 0 Å². The highest BCUT2D eigenvalue weighted by Crippen LogP contribution is 2.12. The SMILES string of the molecule is NCCNC(=O)C(=O)Nc1ccc(F)c(F)c1. The Hall–Kier alpha value is -2.02. The molecule has 0 heterocycles. The minimum atomic E-state index is -1.11. The first-order valence-corrected chi connectivity index (χ1v) is 4.79. The van der Waals surface area contributed by atoms with Crippen LogP contribution >= 0.6 is 0 Å². The average molecular weight is 243 g/mol. The number of nitrogens with two attached hydrogens (primary N) is 1. The maximum atomic E-state index is 12.8. The number of nitrogens with one attached hydrogen (secondary N) is 2. The summed E-state index contributed by atoms with van der Waals surface area (Å²) in [6.45, 7) is 0.355. The second kappa shape index (κ2) is 5.90. The lowest BCUT2D eigenvalue weighted by molar-refractivity contribution is -0.136.